The van der Waals surface area contributed by atoms with Crippen LogP contribution in [0.5, 0.6) is 0 Å². The van der Waals surface area contributed by atoms with Gasteiger partial charge in [-0.15, -0.1) is 0 Å². The summed E-state index contributed by atoms with van der Waals surface area (Å²) in [7, 11) is 0.00563. The van der Waals surface area contributed by atoms with Crippen LogP contribution in [0.15, 0.2) is 66.9 Å². The van der Waals surface area contributed by atoms with Crippen molar-refractivity contribution in [3.63, 3.8) is 0 Å². The molecule has 0 aliphatic carbocycles. The van der Waals surface area contributed by atoms with Gasteiger partial charge in [-0.25, -0.2) is 4.57 Å². The molecule has 0 spiro atoms. The number of aromatic nitrogens is 1. The van der Waals surface area contributed by atoms with Crippen molar-refractivity contribution in [2.75, 3.05) is 0 Å². The van der Waals surface area contributed by atoms with Gasteiger partial charge in [-0.2, -0.15) is 0 Å². The van der Waals surface area contributed by atoms with Crippen molar-refractivity contribution in [1.29, 1.82) is 0 Å². The lowest BCUT2D eigenvalue weighted by Crippen LogP contribution is -2.32. The van der Waals surface area contributed by atoms with Gasteiger partial charge in [0.15, 0.2) is 6.20 Å². The minimum atomic E-state index is -2.02. The van der Waals surface area contributed by atoms with Crippen molar-refractivity contribution in [3.05, 3.63) is 78.0 Å². The van der Waals surface area contributed by atoms with E-state index in [1.165, 1.54) is 16.7 Å². The summed E-state index contributed by atoms with van der Waals surface area (Å²) in [6.07, 6.45) is 1.98. The summed E-state index contributed by atoms with van der Waals surface area (Å²) in [6.45, 7) is 8.37. The predicted octanol–water partition coefficient (Wildman–Crippen LogP) is 5.57. The van der Waals surface area contributed by atoms with Gasteiger partial charge in [0.1, 0.15) is 7.05 Å². The van der Waals surface area contributed by atoms with Gasteiger partial charge in [0.25, 0.3) is 0 Å². The summed E-state index contributed by atoms with van der Waals surface area (Å²) in [5, 5.41) is 0. The van der Waals surface area contributed by atoms with Crippen LogP contribution in [0.25, 0.3) is 22.4 Å². The number of nitrogens with zero attached hydrogens (tertiary/aromatic N) is 1. The van der Waals surface area contributed by atoms with E-state index < -0.39 is 14.1 Å². The first kappa shape index (κ1) is 15.1. The van der Waals surface area contributed by atoms with Crippen molar-refractivity contribution in [2.45, 2.75) is 32.6 Å². The molecule has 1 aromatic heterocycles. The summed E-state index contributed by atoms with van der Waals surface area (Å²) < 4.78 is 19.5. The molecule has 3 aromatic rings. The fourth-order valence-corrected chi connectivity index (χ4v) is 4.08. The third-order valence-electron chi connectivity index (χ3n) is 4.29. The molecular weight excluding hydrogens is 318 g/mol. The highest BCUT2D eigenvalue weighted by Gasteiger charge is 2.18. The Bertz CT molecular complexity index is 960. The van der Waals surface area contributed by atoms with Crippen LogP contribution in [0.4, 0.5) is 0 Å². The first-order valence-electron chi connectivity index (χ1n) is 9.78. The Kier molecular flexibility index (Phi) is 4.21. The zero-order chi connectivity index (χ0) is 19.8. The number of hydrogen-bond donors (Lipinski definition) is 0. The Morgan fingerprint density at radius 2 is 1.64 bits per heavy atom. The highest BCUT2D eigenvalue weighted by Crippen LogP contribution is 2.28. The number of pyridine rings is 1. The molecule has 0 unspecified atom stereocenters. The van der Waals surface area contributed by atoms with E-state index in [1.54, 1.807) is 0 Å². The molecule has 3 rings (SSSR count). The van der Waals surface area contributed by atoms with Crippen LogP contribution in [0, 0.1) is 6.92 Å². The molecule has 0 atom stereocenters. The standard InChI is InChI=1S/C23H28NSi/c1-18-11-12-21(20-9-7-6-8-10-20)16-22(18)23-15-19(13-14-24(23)2)17-25(3,4)5/h6-16H,17H2,1-5H3/q+1/i17D2. The van der Waals surface area contributed by atoms with Crippen LogP contribution in [-0.2, 0) is 13.0 Å². The van der Waals surface area contributed by atoms with Crippen molar-refractivity contribution in [2.24, 2.45) is 7.05 Å². The Labute approximate surface area is 155 Å². The lowest BCUT2D eigenvalue weighted by molar-refractivity contribution is -0.660. The van der Waals surface area contributed by atoms with Crippen LogP contribution in [0.1, 0.15) is 13.9 Å². The van der Waals surface area contributed by atoms with Crippen LogP contribution in [0.3, 0.4) is 0 Å². The molecule has 0 fully saturated rings. The van der Waals surface area contributed by atoms with Gasteiger partial charge < -0.3 is 0 Å². The Morgan fingerprint density at radius 3 is 2.32 bits per heavy atom. The second-order valence-electron chi connectivity index (χ2n) is 7.68. The maximum absolute atomic E-state index is 8.70. The quantitative estimate of drug-likeness (QED) is 0.428. The lowest BCUT2D eigenvalue weighted by atomic mass is 9.97. The van der Waals surface area contributed by atoms with Crippen molar-refractivity contribution >= 4 is 8.07 Å². The minimum Gasteiger partial charge on any atom is -0.201 e. The molecular formula is C23H28NSi+. The van der Waals surface area contributed by atoms with Gasteiger partial charge in [-0.1, -0.05) is 62.1 Å². The van der Waals surface area contributed by atoms with Crippen molar-refractivity contribution in [3.8, 4) is 22.4 Å². The fourth-order valence-electron chi connectivity index (χ4n) is 3.06. The molecule has 1 nitrogen and oxygen atoms in total. The van der Waals surface area contributed by atoms with E-state index in [2.05, 4.69) is 73.6 Å². The van der Waals surface area contributed by atoms with E-state index >= 15 is 0 Å². The molecule has 0 radical (unpaired) electrons. The number of hydrogen-bond acceptors (Lipinski definition) is 0. The second-order valence-corrected chi connectivity index (χ2v) is 12.4. The van der Waals surface area contributed by atoms with Gasteiger partial charge in [0, 0.05) is 28.5 Å². The molecule has 2 aromatic carbocycles. The van der Waals surface area contributed by atoms with E-state index in [0.29, 0.717) is 0 Å². The SMILES string of the molecule is [2H]C([2H])(c1cc[n+](C)c(-c2cc(-c3ccccc3)ccc2C)c1)[Si](C)(C)C. The molecule has 1 heterocycles. The Morgan fingerprint density at radius 1 is 0.920 bits per heavy atom. The largest absolute Gasteiger partial charge is 0.212 e. The summed E-state index contributed by atoms with van der Waals surface area (Å²) in [6, 6.07) is 20.9. The molecule has 2 heteroatoms. The van der Waals surface area contributed by atoms with Gasteiger partial charge in [-0.3, -0.25) is 0 Å². The smallest absolute Gasteiger partial charge is 0.201 e. The summed E-state index contributed by atoms with van der Waals surface area (Å²) in [4.78, 5) is 0. The van der Waals surface area contributed by atoms with Gasteiger partial charge in [0.05, 0.1) is 0 Å². The summed E-state index contributed by atoms with van der Waals surface area (Å²) in [5.74, 6) is -1.28. The first-order valence-corrected chi connectivity index (χ1v) is 12.3. The Hall–Kier alpha value is -2.19. The molecule has 128 valence electrons. The van der Waals surface area contributed by atoms with Gasteiger partial charge >= 0.3 is 0 Å². The van der Waals surface area contributed by atoms with Crippen LogP contribution in [-0.4, -0.2) is 8.07 Å². The highest BCUT2D eigenvalue weighted by atomic mass is 28.3. The molecule has 0 bridgehead atoms. The number of benzene rings is 2. The van der Waals surface area contributed by atoms with E-state index in [4.69, 9.17) is 2.74 Å². The third kappa shape index (κ3) is 4.26. The molecule has 0 aliphatic heterocycles. The predicted molar refractivity (Wildman–Crippen MR) is 110 cm³/mol. The zero-order valence-corrected chi connectivity index (χ0v) is 16.8. The number of rotatable bonds is 4. The van der Waals surface area contributed by atoms with Gasteiger partial charge in [-0.05, 0) is 41.2 Å². The molecule has 0 saturated carbocycles. The molecule has 0 N–H and O–H groups in total. The highest BCUT2D eigenvalue weighted by molar-refractivity contribution is 6.75. The van der Waals surface area contributed by atoms with Crippen molar-refractivity contribution < 1.29 is 7.31 Å². The molecule has 0 saturated heterocycles. The number of aryl methyl sites for hydroxylation is 2. The van der Waals surface area contributed by atoms with Crippen LogP contribution >= 0.6 is 0 Å². The average molecular weight is 349 g/mol. The Balaban J connectivity index is 2.16. The topological polar surface area (TPSA) is 3.88 Å². The molecule has 0 amide bonds. The van der Waals surface area contributed by atoms with Crippen LogP contribution < -0.4 is 4.57 Å². The monoisotopic (exact) mass is 348 g/mol. The summed E-state index contributed by atoms with van der Waals surface area (Å²) >= 11 is 0. The van der Waals surface area contributed by atoms with E-state index in [0.717, 1.165) is 16.8 Å². The minimum absolute atomic E-state index is 0.777. The maximum Gasteiger partial charge on any atom is 0.212 e. The van der Waals surface area contributed by atoms with E-state index in [-0.39, 0.29) is 0 Å². The lowest BCUT2D eigenvalue weighted by Gasteiger charge is -2.16. The van der Waals surface area contributed by atoms with E-state index in [9.17, 15) is 0 Å². The normalized spacial score (nSPS) is 13.3. The zero-order valence-electron chi connectivity index (χ0n) is 17.8. The van der Waals surface area contributed by atoms with E-state index in [1.807, 2.05) is 31.4 Å². The average Bonchev–Trinajstić information content (AvgIpc) is 2.62. The third-order valence-corrected chi connectivity index (χ3v) is 5.33. The fraction of sp³-hybridized carbons (Fsp3) is 0.261. The van der Waals surface area contributed by atoms with Gasteiger partial charge in [0.2, 0.25) is 5.69 Å². The van der Waals surface area contributed by atoms with Crippen molar-refractivity contribution in [1.82, 2.24) is 0 Å². The first-order chi connectivity index (χ1) is 12.6. The maximum atomic E-state index is 8.70. The summed E-state index contributed by atoms with van der Waals surface area (Å²) in [5.41, 5.74) is 6.53. The molecule has 0 aliphatic rings. The second kappa shape index (κ2) is 6.97. The van der Waals surface area contributed by atoms with Crippen LogP contribution in [0.2, 0.25) is 19.6 Å². The molecule has 25 heavy (non-hydrogen) atoms.